The number of hydrogen-bond acceptors (Lipinski definition) is 4. The van der Waals surface area contributed by atoms with Crippen LogP contribution >= 0.6 is 43.2 Å². The molecule has 6 nitrogen and oxygen atoms in total. The second kappa shape index (κ2) is 5.78. The largest absolute Gasteiger partial charge is 0.335 e. The summed E-state index contributed by atoms with van der Waals surface area (Å²) in [5.74, 6) is -0.0922. The average Bonchev–Trinajstić information content (AvgIpc) is 2.68. The Hall–Kier alpha value is -0.000000000000000305. The molecule has 0 bridgehead atoms. The van der Waals surface area contributed by atoms with Gasteiger partial charge in [-0.15, -0.1) is 11.3 Å². The number of amides is 1. The van der Waals surface area contributed by atoms with Gasteiger partial charge in [0.15, 0.2) is 0 Å². The van der Waals surface area contributed by atoms with E-state index in [0.29, 0.717) is 18.0 Å². The van der Waals surface area contributed by atoms with Crippen molar-refractivity contribution in [1.82, 2.24) is 9.21 Å². The van der Waals surface area contributed by atoms with Crippen LogP contribution in [0, 0.1) is 0 Å². The number of thiophene rings is 1. The van der Waals surface area contributed by atoms with Crippen LogP contribution in [0.1, 0.15) is 9.67 Å². The molecule has 0 atom stereocenters. The molecule has 10 heteroatoms. The van der Waals surface area contributed by atoms with E-state index in [4.69, 9.17) is 5.14 Å². The quantitative estimate of drug-likeness (QED) is 0.762. The van der Waals surface area contributed by atoms with E-state index in [-0.39, 0.29) is 19.0 Å². The predicted octanol–water partition coefficient (Wildman–Crippen LogP) is 1.23. The standard InChI is InChI=1S/C9H11Br2N3O3S2/c10-6-5-7(18-8(6)11)9(15)13-1-3-14(4-2-13)19(12,16)17/h5H,1-4H2,(H2,12,16,17). The van der Waals surface area contributed by atoms with E-state index in [1.54, 1.807) is 11.0 Å². The van der Waals surface area contributed by atoms with Gasteiger partial charge < -0.3 is 4.90 Å². The van der Waals surface area contributed by atoms with Crippen molar-refractivity contribution in [2.24, 2.45) is 5.14 Å². The molecule has 2 heterocycles. The number of nitrogens with two attached hydrogens (primary N) is 1. The molecule has 1 amide bonds. The van der Waals surface area contributed by atoms with Crippen molar-refractivity contribution in [1.29, 1.82) is 0 Å². The van der Waals surface area contributed by atoms with Crippen LogP contribution in [0.2, 0.25) is 0 Å². The Labute approximate surface area is 132 Å². The molecule has 19 heavy (non-hydrogen) atoms. The van der Waals surface area contributed by atoms with E-state index in [0.717, 1.165) is 8.26 Å². The lowest BCUT2D eigenvalue weighted by molar-refractivity contribution is 0.0702. The van der Waals surface area contributed by atoms with Crippen LogP contribution in [0.4, 0.5) is 0 Å². The predicted molar refractivity (Wildman–Crippen MR) is 80.3 cm³/mol. The average molecular weight is 433 g/mol. The van der Waals surface area contributed by atoms with Gasteiger partial charge in [-0.3, -0.25) is 4.79 Å². The summed E-state index contributed by atoms with van der Waals surface area (Å²) >= 11 is 8.02. The summed E-state index contributed by atoms with van der Waals surface area (Å²) in [6, 6.07) is 1.75. The topological polar surface area (TPSA) is 83.7 Å². The summed E-state index contributed by atoms with van der Waals surface area (Å²) in [4.78, 5) is 14.5. The second-order valence-corrected chi connectivity index (χ2v) is 8.74. The number of piperazine rings is 1. The Morgan fingerprint density at radius 1 is 1.26 bits per heavy atom. The van der Waals surface area contributed by atoms with Crippen molar-refractivity contribution >= 4 is 59.3 Å². The molecule has 2 rings (SSSR count). The maximum atomic E-state index is 12.2. The van der Waals surface area contributed by atoms with E-state index in [9.17, 15) is 13.2 Å². The van der Waals surface area contributed by atoms with Gasteiger partial charge in [0.2, 0.25) is 0 Å². The molecule has 2 N–H and O–H groups in total. The maximum absolute atomic E-state index is 12.2. The summed E-state index contributed by atoms with van der Waals surface area (Å²) in [6.45, 7) is 1.17. The van der Waals surface area contributed by atoms with Gasteiger partial charge in [0.1, 0.15) is 0 Å². The summed E-state index contributed by atoms with van der Waals surface area (Å²) in [6.07, 6.45) is 0. The molecule has 1 saturated heterocycles. The minimum Gasteiger partial charge on any atom is -0.335 e. The minimum atomic E-state index is -3.66. The number of nitrogens with zero attached hydrogens (tertiary/aromatic N) is 2. The van der Waals surface area contributed by atoms with Gasteiger partial charge in [-0.05, 0) is 37.9 Å². The number of carbonyl (C=O) groups is 1. The molecule has 1 aromatic heterocycles. The fourth-order valence-electron chi connectivity index (χ4n) is 1.75. The minimum absolute atomic E-state index is 0.0922. The molecule has 0 spiro atoms. The Morgan fingerprint density at radius 3 is 2.26 bits per heavy atom. The fraction of sp³-hybridized carbons (Fsp3) is 0.444. The van der Waals surface area contributed by atoms with Gasteiger partial charge in [-0.25, -0.2) is 5.14 Å². The van der Waals surface area contributed by atoms with Crippen LogP contribution in [0.25, 0.3) is 0 Å². The van der Waals surface area contributed by atoms with Gasteiger partial charge in [0.25, 0.3) is 16.1 Å². The van der Waals surface area contributed by atoms with Crippen LogP contribution in [-0.2, 0) is 10.2 Å². The number of halogens is 2. The number of carbonyl (C=O) groups excluding carboxylic acids is 1. The molecular formula is C9H11Br2N3O3S2. The molecule has 0 aliphatic carbocycles. The summed E-state index contributed by atoms with van der Waals surface area (Å²) in [7, 11) is -3.66. The Balaban J connectivity index is 2.04. The van der Waals surface area contributed by atoms with Gasteiger partial charge >= 0.3 is 0 Å². The lowest BCUT2D eigenvalue weighted by atomic mass is 10.3. The van der Waals surface area contributed by atoms with Crippen molar-refractivity contribution < 1.29 is 13.2 Å². The highest BCUT2D eigenvalue weighted by Gasteiger charge is 2.27. The van der Waals surface area contributed by atoms with Crippen LogP contribution in [0.15, 0.2) is 14.3 Å². The second-order valence-electron chi connectivity index (χ2n) is 3.97. The lowest BCUT2D eigenvalue weighted by Gasteiger charge is -2.32. The maximum Gasteiger partial charge on any atom is 0.277 e. The van der Waals surface area contributed by atoms with E-state index in [1.165, 1.54) is 15.6 Å². The molecule has 0 aromatic carbocycles. The van der Waals surface area contributed by atoms with Crippen molar-refractivity contribution in [3.63, 3.8) is 0 Å². The molecule has 1 aliphatic rings. The van der Waals surface area contributed by atoms with Gasteiger partial charge in [0, 0.05) is 30.7 Å². The zero-order valence-electron chi connectivity index (χ0n) is 9.67. The van der Waals surface area contributed by atoms with E-state index < -0.39 is 10.2 Å². The van der Waals surface area contributed by atoms with Gasteiger partial charge in [0.05, 0.1) is 8.66 Å². The van der Waals surface area contributed by atoms with Crippen molar-refractivity contribution in [2.75, 3.05) is 26.2 Å². The molecule has 1 aromatic rings. The smallest absolute Gasteiger partial charge is 0.277 e. The monoisotopic (exact) mass is 431 g/mol. The molecule has 1 aliphatic heterocycles. The molecule has 0 unspecified atom stereocenters. The summed E-state index contributed by atoms with van der Waals surface area (Å²) in [5, 5.41) is 5.05. The van der Waals surface area contributed by atoms with E-state index >= 15 is 0 Å². The SMILES string of the molecule is NS(=O)(=O)N1CCN(C(=O)c2cc(Br)c(Br)s2)CC1. The molecule has 0 saturated carbocycles. The first kappa shape index (κ1) is 15.4. The van der Waals surface area contributed by atoms with E-state index in [2.05, 4.69) is 31.9 Å². The van der Waals surface area contributed by atoms with Crippen LogP contribution in [0.3, 0.4) is 0 Å². The molecule has 1 fully saturated rings. The molecular weight excluding hydrogens is 422 g/mol. The van der Waals surface area contributed by atoms with Crippen LogP contribution in [0.5, 0.6) is 0 Å². The third-order valence-electron chi connectivity index (χ3n) is 2.74. The Morgan fingerprint density at radius 2 is 1.84 bits per heavy atom. The zero-order valence-corrected chi connectivity index (χ0v) is 14.5. The lowest BCUT2D eigenvalue weighted by Crippen LogP contribution is -2.52. The first-order chi connectivity index (χ1) is 8.79. The third kappa shape index (κ3) is 3.56. The summed E-state index contributed by atoms with van der Waals surface area (Å²) in [5.41, 5.74) is 0. The van der Waals surface area contributed by atoms with Gasteiger partial charge in [-0.2, -0.15) is 12.7 Å². The van der Waals surface area contributed by atoms with Crippen molar-refractivity contribution in [3.05, 3.63) is 19.2 Å². The summed E-state index contributed by atoms with van der Waals surface area (Å²) < 4.78 is 25.2. The van der Waals surface area contributed by atoms with E-state index in [1.807, 2.05) is 0 Å². The van der Waals surface area contributed by atoms with Crippen LogP contribution in [-0.4, -0.2) is 49.7 Å². The highest BCUT2D eigenvalue weighted by molar-refractivity contribution is 9.13. The zero-order chi connectivity index (χ0) is 14.2. The Kier molecular flexibility index (Phi) is 4.68. The first-order valence-corrected chi connectivity index (χ1v) is 9.21. The highest BCUT2D eigenvalue weighted by atomic mass is 79.9. The Bertz CT molecular complexity index is 574. The van der Waals surface area contributed by atoms with Gasteiger partial charge in [-0.1, -0.05) is 0 Å². The third-order valence-corrected chi connectivity index (χ3v) is 7.07. The molecule has 106 valence electrons. The van der Waals surface area contributed by atoms with Crippen LogP contribution < -0.4 is 5.14 Å². The highest BCUT2D eigenvalue weighted by Crippen LogP contribution is 2.33. The fourth-order valence-corrected chi connectivity index (χ4v) is 4.43. The first-order valence-electron chi connectivity index (χ1n) is 5.31. The number of hydrogen-bond donors (Lipinski definition) is 1. The number of rotatable bonds is 2. The normalized spacial score (nSPS) is 17.7. The molecule has 0 radical (unpaired) electrons. The van der Waals surface area contributed by atoms with Crippen molar-refractivity contribution in [2.45, 2.75) is 0 Å². The van der Waals surface area contributed by atoms with Crippen molar-refractivity contribution in [3.8, 4) is 0 Å².